The second-order valence-corrected chi connectivity index (χ2v) is 7.04. The standard InChI is InChI=1S/C17H25N5O/c1-11-7-8-14(9-12(11)2)13(3)18-15(23)10-22-16(17(4,5)6)19-20-21-22/h7-9,13H,10H2,1-6H3,(H,18,23). The Bertz CT molecular complexity index is 699. The van der Waals surface area contributed by atoms with Crippen molar-refractivity contribution in [1.82, 2.24) is 25.5 Å². The minimum atomic E-state index is -0.205. The van der Waals surface area contributed by atoms with Gasteiger partial charge in [0.05, 0.1) is 6.04 Å². The van der Waals surface area contributed by atoms with Crippen molar-refractivity contribution in [2.24, 2.45) is 0 Å². The summed E-state index contributed by atoms with van der Waals surface area (Å²) in [5.74, 6) is 0.597. The van der Waals surface area contributed by atoms with Crippen molar-refractivity contribution in [1.29, 1.82) is 0 Å². The van der Waals surface area contributed by atoms with E-state index < -0.39 is 0 Å². The third kappa shape index (κ3) is 4.15. The molecule has 1 aromatic heterocycles. The minimum absolute atomic E-state index is 0.0589. The van der Waals surface area contributed by atoms with Crippen molar-refractivity contribution in [3.63, 3.8) is 0 Å². The van der Waals surface area contributed by atoms with Crippen LogP contribution in [-0.4, -0.2) is 26.1 Å². The highest BCUT2D eigenvalue weighted by Crippen LogP contribution is 2.19. The quantitative estimate of drug-likeness (QED) is 0.940. The zero-order valence-electron chi connectivity index (χ0n) is 14.7. The molecule has 0 radical (unpaired) electrons. The summed E-state index contributed by atoms with van der Waals surface area (Å²) in [6, 6.07) is 6.17. The number of nitrogens with zero attached hydrogens (tertiary/aromatic N) is 4. The predicted octanol–water partition coefficient (Wildman–Crippen LogP) is 2.46. The van der Waals surface area contributed by atoms with E-state index in [9.17, 15) is 4.79 Å². The lowest BCUT2D eigenvalue weighted by molar-refractivity contribution is -0.122. The summed E-state index contributed by atoms with van der Waals surface area (Å²) in [6.45, 7) is 12.3. The van der Waals surface area contributed by atoms with Gasteiger partial charge in [-0.3, -0.25) is 4.79 Å². The fraction of sp³-hybridized carbons (Fsp3) is 0.529. The van der Waals surface area contributed by atoms with E-state index in [1.165, 1.54) is 11.1 Å². The van der Waals surface area contributed by atoms with Gasteiger partial charge in [-0.25, -0.2) is 4.68 Å². The minimum Gasteiger partial charge on any atom is -0.348 e. The van der Waals surface area contributed by atoms with E-state index in [0.717, 1.165) is 5.56 Å². The predicted molar refractivity (Wildman–Crippen MR) is 89.0 cm³/mol. The number of rotatable bonds is 4. The van der Waals surface area contributed by atoms with E-state index in [0.29, 0.717) is 5.82 Å². The molecular weight excluding hydrogens is 290 g/mol. The number of amides is 1. The third-order valence-corrected chi connectivity index (χ3v) is 3.90. The highest BCUT2D eigenvalue weighted by atomic mass is 16.2. The largest absolute Gasteiger partial charge is 0.348 e. The highest BCUT2D eigenvalue weighted by Gasteiger charge is 2.23. The zero-order chi connectivity index (χ0) is 17.2. The lowest BCUT2D eigenvalue weighted by Crippen LogP contribution is -2.32. The lowest BCUT2D eigenvalue weighted by Gasteiger charge is -2.18. The van der Waals surface area contributed by atoms with Crippen molar-refractivity contribution in [2.45, 2.75) is 59.5 Å². The van der Waals surface area contributed by atoms with Gasteiger partial charge in [0.25, 0.3) is 0 Å². The van der Waals surface area contributed by atoms with Crippen LogP contribution in [0.2, 0.25) is 0 Å². The van der Waals surface area contributed by atoms with Gasteiger partial charge in [-0.15, -0.1) is 5.10 Å². The molecule has 0 aliphatic carbocycles. The van der Waals surface area contributed by atoms with E-state index in [1.807, 2.05) is 33.8 Å². The Morgan fingerprint density at radius 1 is 1.26 bits per heavy atom. The summed E-state index contributed by atoms with van der Waals surface area (Å²) in [7, 11) is 0. The van der Waals surface area contributed by atoms with E-state index in [4.69, 9.17) is 0 Å². The van der Waals surface area contributed by atoms with E-state index in [2.05, 4.69) is 46.8 Å². The number of aryl methyl sites for hydroxylation is 2. The SMILES string of the molecule is Cc1ccc(C(C)NC(=O)Cn2nnnc2C(C)(C)C)cc1C. The van der Waals surface area contributed by atoms with Gasteiger partial charge < -0.3 is 5.32 Å². The Balaban J connectivity index is 2.05. The first-order valence-electron chi connectivity index (χ1n) is 7.81. The first kappa shape index (κ1) is 17.1. The molecule has 0 bridgehead atoms. The monoisotopic (exact) mass is 315 g/mol. The highest BCUT2D eigenvalue weighted by molar-refractivity contribution is 5.76. The van der Waals surface area contributed by atoms with E-state index in [-0.39, 0.29) is 23.9 Å². The van der Waals surface area contributed by atoms with Crippen LogP contribution in [0.3, 0.4) is 0 Å². The van der Waals surface area contributed by atoms with Gasteiger partial charge in [0.2, 0.25) is 5.91 Å². The summed E-state index contributed by atoms with van der Waals surface area (Å²) >= 11 is 0. The molecule has 2 aromatic rings. The molecule has 1 atom stereocenters. The number of hydrogen-bond donors (Lipinski definition) is 1. The van der Waals surface area contributed by atoms with Crippen LogP contribution < -0.4 is 5.32 Å². The first-order chi connectivity index (χ1) is 10.7. The van der Waals surface area contributed by atoms with Gasteiger partial charge in [-0.2, -0.15) is 0 Å². The van der Waals surface area contributed by atoms with Crippen molar-refractivity contribution in [3.8, 4) is 0 Å². The molecule has 2 rings (SSSR count). The maximum atomic E-state index is 12.3. The Morgan fingerprint density at radius 3 is 2.57 bits per heavy atom. The summed E-state index contributed by atoms with van der Waals surface area (Å²) in [5, 5.41) is 14.6. The van der Waals surface area contributed by atoms with Crippen LogP contribution in [0.15, 0.2) is 18.2 Å². The molecule has 1 amide bonds. The average molecular weight is 315 g/mol. The molecule has 1 N–H and O–H groups in total. The van der Waals surface area contributed by atoms with Crippen LogP contribution in [-0.2, 0) is 16.8 Å². The summed E-state index contributed by atoms with van der Waals surface area (Å²) < 4.78 is 1.56. The summed E-state index contributed by atoms with van der Waals surface area (Å²) in [4.78, 5) is 12.3. The number of aromatic nitrogens is 4. The Hall–Kier alpha value is -2.24. The molecule has 0 aliphatic rings. The molecule has 6 heteroatoms. The molecule has 0 spiro atoms. The number of hydrogen-bond acceptors (Lipinski definition) is 4. The number of tetrazole rings is 1. The Morgan fingerprint density at radius 2 is 1.96 bits per heavy atom. The van der Waals surface area contributed by atoms with Crippen molar-refractivity contribution < 1.29 is 4.79 Å². The number of benzene rings is 1. The molecule has 0 saturated carbocycles. The maximum absolute atomic E-state index is 12.3. The van der Waals surface area contributed by atoms with Gasteiger partial charge in [-0.05, 0) is 47.9 Å². The molecule has 1 heterocycles. The second-order valence-electron chi connectivity index (χ2n) is 7.04. The van der Waals surface area contributed by atoms with Gasteiger partial charge in [0.15, 0.2) is 5.82 Å². The molecule has 0 saturated heterocycles. The number of nitrogens with one attached hydrogen (secondary N) is 1. The van der Waals surface area contributed by atoms with Crippen LogP contribution in [0.4, 0.5) is 0 Å². The molecule has 23 heavy (non-hydrogen) atoms. The molecule has 6 nitrogen and oxygen atoms in total. The molecule has 1 aromatic carbocycles. The van der Waals surface area contributed by atoms with Gasteiger partial charge in [0, 0.05) is 5.41 Å². The molecule has 124 valence electrons. The van der Waals surface area contributed by atoms with E-state index >= 15 is 0 Å². The summed E-state index contributed by atoms with van der Waals surface area (Å²) in [6.07, 6.45) is 0. The van der Waals surface area contributed by atoms with Crippen LogP contribution in [0.1, 0.15) is 56.3 Å². The third-order valence-electron chi connectivity index (χ3n) is 3.90. The van der Waals surface area contributed by atoms with Gasteiger partial charge in [0.1, 0.15) is 6.54 Å². The zero-order valence-corrected chi connectivity index (χ0v) is 14.7. The van der Waals surface area contributed by atoms with Crippen molar-refractivity contribution >= 4 is 5.91 Å². The Labute approximate surface area is 137 Å². The van der Waals surface area contributed by atoms with E-state index in [1.54, 1.807) is 4.68 Å². The first-order valence-corrected chi connectivity index (χ1v) is 7.81. The van der Waals surface area contributed by atoms with Crippen LogP contribution >= 0.6 is 0 Å². The second kappa shape index (κ2) is 6.48. The smallest absolute Gasteiger partial charge is 0.242 e. The van der Waals surface area contributed by atoms with Gasteiger partial charge >= 0.3 is 0 Å². The fourth-order valence-corrected chi connectivity index (χ4v) is 2.39. The van der Waals surface area contributed by atoms with Crippen LogP contribution in [0.5, 0.6) is 0 Å². The molecule has 1 unspecified atom stereocenters. The lowest BCUT2D eigenvalue weighted by atomic mass is 9.96. The molecule has 0 aliphatic heterocycles. The topological polar surface area (TPSA) is 72.7 Å². The number of carbonyl (C=O) groups excluding carboxylic acids is 1. The Kier molecular flexibility index (Phi) is 4.82. The summed E-state index contributed by atoms with van der Waals surface area (Å²) in [5.41, 5.74) is 3.35. The van der Waals surface area contributed by atoms with Gasteiger partial charge in [-0.1, -0.05) is 39.0 Å². The molecular formula is C17H25N5O. The fourth-order valence-electron chi connectivity index (χ4n) is 2.39. The van der Waals surface area contributed by atoms with Crippen LogP contribution in [0, 0.1) is 13.8 Å². The van der Waals surface area contributed by atoms with Crippen molar-refractivity contribution in [2.75, 3.05) is 0 Å². The maximum Gasteiger partial charge on any atom is 0.242 e. The van der Waals surface area contributed by atoms with Crippen LogP contribution in [0.25, 0.3) is 0 Å². The normalized spacial score (nSPS) is 13.0. The number of carbonyl (C=O) groups is 1. The molecule has 0 fully saturated rings. The van der Waals surface area contributed by atoms with Crippen molar-refractivity contribution in [3.05, 3.63) is 40.7 Å². The average Bonchev–Trinajstić information content (AvgIpc) is 2.89.